The van der Waals surface area contributed by atoms with Crippen LogP contribution in [0.25, 0.3) is 0 Å². The smallest absolute Gasteiger partial charge is 0.327 e. The average Bonchev–Trinajstić information content (AvgIpc) is 2.68. The molecule has 7 heteroatoms. The quantitative estimate of drug-likeness (QED) is 0.851. The van der Waals surface area contributed by atoms with E-state index in [4.69, 9.17) is 10.4 Å². The molecule has 94 valence electrons. The van der Waals surface area contributed by atoms with E-state index in [1.165, 1.54) is 0 Å². The molecule has 18 heavy (non-hydrogen) atoms. The number of hydrogen-bond donors (Lipinski definition) is 1. The van der Waals surface area contributed by atoms with Crippen LogP contribution < -0.4 is 4.31 Å². The van der Waals surface area contributed by atoms with Crippen molar-refractivity contribution in [1.29, 1.82) is 5.26 Å². The van der Waals surface area contributed by atoms with Gasteiger partial charge in [0.05, 0.1) is 11.8 Å². The molecule has 0 saturated carbocycles. The van der Waals surface area contributed by atoms with Gasteiger partial charge in [-0.1, -0.05) is 18.2 Å². The summed E-state index contributed by atoms with van der Waals surface area (Å²) in [5.41, 5.74) is 1.01. The Labute approximate surface area is 104 Å². The van der Waals surface area contributed by atoms with Crippen LogP contribution in [0.15, 0.2) is 24.3 Å². The van der Waals surface area contributed by atoms with Gasteiger partial charge in [-0.2, -0.15) is 5.26 Å². The zero-order valence-electron chi connectivity index (χ0n) is 9.28. The molecule has 1 heterocycles. The highest BCUT2D eigenvalue weighted by Gasteiger charge is 2.41. The number of rotatable bonds is 3. The molecule has 1 atom stereocenters. The fourth-order valence-corrected chi connectivity index (χ4v) is 3.37. The highest BCUT2D eigenvalue weighted by atomic mass is 32.2. The van der Waals surface area contributed by atoms with E-state index in [0.29, 0.717) is 11.3 Å². The second-order valence-corrected chi connectivity index (χ2v) is 5.74. The predicted molar refractivity (Wildman–Crippen MR) is 63.4 cm³/mol. The number of carboxylic acids is 1. The van der Waals surface area contributed by atoms with Crippen LogP contribution in [0.4, 0.5) is 5.69 Å². The Hall–Kier alpha value is -2.07. The van der Waals surface area contributed by atoms with E-state index in [1.807, 2.05) is 0 Å². The lowest BCUT2D eigenvalue weighted by Gasteiger charge is -2.22. The number of para-hydroxylation sites is 1. The van der Waals surface area contributed by atoms with E-state index in [0.717, 1.165) is 4.31 Å². The van der Waals surface area contributed by atoms with Crippen LogP contribution in [0, 0.1) is 11.3 Å². The molecule has 1 aliphatic heterocycles. The minimum Gasteiger partial charge on any atom is -0.480 e. The molecule has 0 saturated heterocycles. The van der Waals surface area contributed by atoms with E-state index in [2.05, 4.69) is 0 Å². The Bertz CT molecular complexity index is 633. The van der Waals surface area contributed by atoms with Gasteiger partial charge in [0.2, 0.25) is 10.0 Å². The molecule has 0 aliphatic carbocycles. The minimum absolute atomic E-state index is 0.121. The molecule has 1 aliphatic rings. The van der Waals surface area contributed by atoms with Crippen molar-refractivity contribution in [2.45, 2.75) is 12.5 Å². The summed E-state index contributed by atoms with van der Waals surface area (Å²) in [7, 11) is -3.93. The molecule has 0 spiro atoms. The molecule has 0 fully saturated rings. The van der Waals surface area contributed by atoms with E-state index < -0.39 is 27.8 Å². The SMILES string of the molecule is N#CCS(=O)(=O)N1c2ccccc2C[C@H]1C(=O)O. The number of anilines is 1. The number of carboxylic acid groups (broad SMARTS) is 1. The number of carbonyl (C=O) groups is 1. The molecule has 0 aromatic heterocycles. The summed E-state index contributed by atoms with van der Waals surface area (Å²) >= 11 is 0. The average molecular weight is 266 g/mol. The maximum atomic E-state index is 12.0. The number of nitriles is 1. The molecule has 1 aromatic carbocycles. The number of aliphatic carboxylic acids is 1. The maximum Gasteiger partial charge on any atom is 0.327 e. The third-order valence-electron chi connectivity index (χ3n) is 2.76. The molecular weight excluding hydrogens is 256 g/mol. The molecule has 0 unspecified atom stereocenters. The number of sulfonamides is 1. The molecule has 0 amide bonds. The Morgan fingerprint density at radius 2 is 2.17 bits per heavy atom. The lowest BCUT2D eigenvalue weighted by molar-refractivity contribution is -0.138. The molecule has 6 nitrogen and oxygen atoms in total. The van der Waals surface area contributed by atoms with Crippen molar-refractivity contribution in [2.75, 3.05) is 10.1 Å². The van der Waals surface area contributed by atoms with Crippen molar-refractivity contribution in [3.05, 3.63) is 29.8 Å². The van der Waals surface area contributed by atoms with Crippen LogP contribution in [0.1, 0.15) is 5.56 Å². The zero-order valence-corrected chi connectivity index (χ0v) is 10.1. The highest BCUT2D eigenvalue weighted by Crippen LogP contribution is 2.34. The van der Waals surface area contributed by atoms with E-state index in [9.17, 15) is 13.2 Å². The Morgan fingerprint density at radius 1 is 1.50 bits per heavy atom. The van der Waals surface area contributed by atoms with Gasteiger partial charge in [0, 0.05) is 6.42 Å². The van der Waals surface area contributed by atoms with E-state index in [1.54, 1.807) is 30.3 Å². The van der Waals surface area contributed by atoms with Gasteiger partial charge in [-0.3, -0.25) is 4.31 Å². The summed E-state index contributed by atoms with van der Waals surface area (Å²) < 4.78 is 24.7. The maximum absolute atomic E-state index is 12.0. The van der Waals surface area contributed by atoms with Gasteiger partial charge in [0.25, 0.3) is 0 Å². The van der Waals surface area contributed by atoms with Crippen LogP contribution in [0.3, 0.4) is 0 Å². The van der Waals surface area contributed by atoms with E-state index >= 15 is 0 Å². The normalized spacial score (nSPS) is 18.2. The first-order chi connectivity index (χ1) is 8.47. The van der Waals surface area contributed by atoms with Crippen LogP contribution >= 0.6 is 0 Å². The molecule has 2 rings (SSSR count). The fraction of sp³-hybridized carbons (Fsp3) is 0.273. The first-order valence-corrected chi connectivity index (χ1v) is 6.78. The standard InChI is InChI=1S/C11H10N2O4S/c12-5-6-18(16,17)13-9-4-2-1-3-8(9)7-10(13)11(14)15/h1-4,10H,6-7H2,(H,14,15)/t10-/m0/s1. The number of fused-ring (bicyclic) bond motifs is 1. The van der Waals surface area contributed by atoms with Crippen LogP contribution in [0.5, 0.6) is 0 Å². The third kappa shape index (κ3) is 1.91. The molecular formula is C11H10N2O4S. The van der Waals surface area contributed by atoms with Crippen molar-refractivity contribution >= 4 is 21.7 Å². The molecule has 1 aromatic rings. The van der Waals surface area contributed by atoms with Crippen LogP contribution in [-0.4, -0.2) is 31.3 Å². The van der Waals surface area contributed by atoms with E-state index in [-0.39, 0.29) is 6.42 Å². The number of hydrogen-bond acceptors (Lipinski definition) is 4. The topological polar surface area (TPSA) is 98.5 Å². The number of benzene rings is 1. The van der Waals surface area contributed by atoms with Crippen molar-refractivity contribution in [1.82, 2.24) is 0 Å². The second-order valence-electron chi connectivity index (χ2n) is 3.90. The second kappa shape index (κ2) is 4.31. The lowest BCUT2D eigenvalue weighted by atomic mass is 10.1. The Kier molecular flexibility index (Phi) is 2.97. The monoisotopic (exact) mass is 266 g/mol. The first-order valence-electron chi connectivity index (χ1n) is 5.17. The molecule has 0 bridgehead atoms. The summed E-state index contributed by atoms with van der Waals surface area (Å²) in [5, 5.41) is 17.6. The predicted octanol–water partition coefficient (Wildman–Crippen LogP) is 0.356. The summed E-state index contributed by atoms with van der Waals surface area (Å²) in [6.45, 7) is 0. The van der Waals surface area contributed by atoms with Gasteiger partial charge in [0.15, 0.2) is 5.75 Å². The van der Waals surface area contributed by atoms with Gasteiger partial charge >= 0.3 is 5.97 Å². The lowest BCUT2D eigenvalue weighted by Crippen LogP contribution is -2.43. The van der Waals surface area contributed by atoms with Gasteiger partial charge in [0.1, 0.15) is 6.04 Å². The summed E-state index contributed by atoms with van der Waals surface area (Å²) in [4.78, 5) is 11.1. The third-order valence-corrected chi connectivity index (χ3v) is 4.30. The van der Waals surface area contributed by atoms with Crippen molar-refractivity contribution in [3.63, 3.8) is 0 Å². The minimum atomic E-state index is -3.93. The zero-order chi connectivity index (χ0) is 13.3. The summed E-state index contributed by atoms with van der Waals surface area (Å²) in [5.74, 6) is -1.95. The Morgan fingerprint density at radius 3 is 2.78 bits per heavy atom. The fourth-order valence-electron chi connectivity index (χ4n) is 2.04. The summed E-state index contributed by atoms with van der Waals surface area (Å²) in [6, 6.07) is 6.98. The van der Waals surface area contributed by atoms with Gasteiger partial charge < -0.3 is 5.11 Å². The first kappa shape index (κ1) is 12.4. The van der Waals surface area contributed by atoms with Crippen molar-refractivity contribution in [2.24, 2.45) is 0 Å². The van der Waals surface area contributed by atoms with Gasteiger partial charge in [-0.05, 0) is 11.6 Å². The van der Waals surface area contributed by atoms with Gasteiger partial charge in [-0.15, -0.1) is 0 Å². The number of nitrogens with zero attached hydrogens (tertiary/aromatic N) is 2. The molecule has 0 radical (unpaired) electrons. The van der Waals surface area contributed by atoms with Crippen LogP contribution in [-0.2, 0) is 21.2 Å². The summed E-state index contributed by atoms with van der Waals surface area (Å²) in [6.07, 6.45) is 0.121. The largest absolute Gasteiger partial charge is 0.480 e. The molecule has 1 N–H and O–H groups in total. The van der Waals surface area contributed by atoms with Gasteiger partial charge in [-0.25, -0.2) is 13.2 Å². The van der Waals surface area contributed by atoms with Crippen LogP contribution in [0.2, 0.25) is 0 Å². The van der Waals surface area contributed by atoms with Crippen molar-refractivity contribution in [3.8, 4) is 6.07 Å². The highest BCUT2D eigenvalue weighted by molar-refractivity contribution is 7.93. The van der Waals surface area contributed by atoms with Crippen molar-refractivity contribution < 1.29 is 18.3 Å². The Balaban J connectivity index is 2.54.